The Morgan fingerprint density at radius 2 is 2.29 bits per heavy atom. The molecule has 0 aromatic carbocycles. The normalized spacial score (nSPS) is 27.6. The largest absolute Gasteiger partial charge is 0.409 e. The molecule has 0 spiro atoms. The van der Waals surface area contributed by atoms with Gasteiger partial charge >= 0.3 is 0 Å². The van der Waals surface area contributed by atoms with Crippen LogP contribution >= 0.6 is 0 Å². The van der Waals surface area contributed by atoms with Crippen molar-refractivity contribution in [1.29, 1.82) is 0 Å². The molecule has 0 aliphatic carbocycles. The first kappa shape index (κ1) is 14.3. The molecule has 5 heteroatoms. The Labute approximate surface area is 104 Å². The summed E-state index contributed by atoms with van der Waals surface area (Å²) in [5.74, 6) is 0.364. The molecule has 100 valence electrons. The van der Waals surface area contributed by atoms with Gasteiger partial charge in [-0.1, -0.05) is 19.0 Å². The van der Waals surface area contributed by atoms with Crippen LogP contribution in [0.3, 0.4) is 0 Å². The van der Waals surface area contributed by atoms with Crippen LogP contribution < -0.4 is 5.73 Å². The van der Waals surface area contributed by atoms with Gasteiger partial charge in [-0.15, -0.1) is 0 Å². The summed E-state index contributed by atoms with van der Waals surface area (Å²) in [7, 11) is 0. The Bertz CT molecular complexity index is 258. The molecule has 1 aliphatic rings. The van der Waals surface area contributed by atoms with Gasteiger partial charge in [0.25, 0.3) is 0 Å². The molecule has 1 fully saturated rings. The van der Waals surface area contributed by atoms with Crippen LogP contribution in [0.15, 0.2) is 5.16 Å². The number of hydrogen-bond donors (Lipinski definition) is 2. The van der Waals surface area contributed by atoms with Gasteiger partial charge in [-0.3, -0.25) is 0 Å². The van der Waals surface area contributed by atoms with E-state index < -0.39 is 0 Å². The van der Waals surface area contributed by atoms with E-state index in [9.17, 15) is 0 Å². The lowest BCUT2D eigenvalue weighted by molar-refractivity contribution is 0.0312. The van der Waals surface area contributed by atoms with E-state index in [0.717, 1.165) is 32.5 Å². The molecular formula is C12H25N3O2. The number of likely N-dealkylation sites (N-methyl/N-ethyl adjacent to an activating group) is 1. The molecule has 0 saturated carbocycles. The predicted octanol–water partition coefficient (Wildman–Crippen LogP) is 1.26. The highest BCUT2D eigenvalue weighted by molar-refractivity contribution is 5.82. The van der Waals surface area contributed by atoms with Crippen LogP contribution in [-0.4, -0.2) is 47.8 Å². The Morgan fingerprint density at radius 1 is 1.59 bits per heavy atom. The van der Waals surface area contributed by atoms with Crippen LogP contribution in [0.2, 0.25) is 0 Å². The first-order valence-electron chi connectivity index (χ1n) is 6.42. The molecule has 1 aliphatic heterocycles. The van der Waals surface area contributed by atoms with Gasteiger partial charge in [-0.25, -0.2) is 0 Å². The zero-order chi connectivity index (χ0) is 12.8. The summed E-state index contributed by atoms with van der Waals surface area (Å²) in [6, 6.07) is 0. The molecule has 3 N–H and O–H groups in total. The first-order chi connectivity index (χ1) is 8.06. The van der Waals surface area contributed by atoms with Crippen molar-refractivity contribution in [3.05, 3.63) is 0 Å². The molecule has 3 atom stereocenters. The van der Waals surface area contributed by atoms with Crippen LogP contribution in [0.4, 0.5) is 0 Å². The van der Waals surface area contributed by atoms with E-state index >= 15 is 0 Å². The average Bonchev–Trinajstić information content (AvgIpc) is 2.72. The second kappa shape index (κ2) is 6.81. The summed E-state index contributed by atoms with van der Waals surface area (Å²) < 4.78 is 5.81. The van der Waals surface area contributed by atoms with Gasteiger partial charge in [-0.05, 0) is 26.3 Å². The van der Waals surface area contributed by atoms with E-state index in [4.69, 9.17) is 15.7 Å². The smallest absolute Gasteiger partial charge is 0.143 e. The number of nitrogens with zero attached hydrogens (tertiary/aromatic N) is 2. The molecule has 0 aromatic rings. The SMILES string of the molecule is CCN(CC1CCC(C)O1)CC(C)C(N)=NO. The fraction of sp³-hybridized carbons (Fsp3) is 0.917. The molecule has 0 amide bonds. The lowest BCUT2D eigenvalue weighted by Gasteiger charge is -2.26. The molecule has 0 aromatic heterocycles. The standard InChI is InChI=1S/C12H25N3O2/c1-4-15(7-9(2)12(13)14-16)8-11-6-5-10(3)17-11/h9-11,16H,4-8H2,1-3H3,(H2,13,14). The van der Waals surface area contributed by atoms with Gasteiger partial charge in [0, 0.05) is 19.0 Å². The quantitative estimate of drug-likeness (QED) is 0.319. The third-order valence-corrected chi connectivity index (χ3v) is 3.38. The number of rotatable bonds is 6. The molecule has 1 saturated heterocycles. The molecule has 1 rings (SSSR count). The molecule has 3 unspecified atom stereocenters. The lowest BCUT2D eigenvalue weighted by Crippen LogP contribution is -2.39. The van der Waals surface area contributed by atoms with Crippen molar-refractivity contribution in [1.82, 2.24) is 4.90 Å². The molecular weight excluding hydrogens is 218 g/mol. The summed E-state index contributed by atoms with van der Waals surface area (Å²) in [6.45, 7) is 8.91. The molecule has 5 nitrogen and oxygen atoms in total. The third kappa shape index (κ3) is 4.52. The maximum atomic E-state index is 8.63. The van der Waals surface area contributed by atoms with Gasteiger partial charge in [0.1, 0.15) is 5.84 Å². The third-order valence-electron chi connectivity index (χ3n) is 3.38. The number of amidine groups is 1. The van der Waals surface area contributed by atoms with Crippen LogP contribution in [0.1, 0.15) is 33.6 Å². The Morgan fingerprint density at radius 3 is 2.76 bits per heavy atom. The Kier molecular flexibility index (Phi) is 5.71. The number of oxime groups is 1. The highest BCUT2D eigenvalue weighted by atomic mass is 16.5. The number of nitrogens with two attached hydrogens (primary N) is 1. The highest BCUT2D eigenvalue weighted by Crippen LogP contribution is 2.20. The van der Waals surface area contributed by atoms with Crippen molar-refractivity contribution in [3.8, 4) is 0 Å². The van der Waals surface area contributed by atoms with Gasteiger partial charge in [0.15, 0.2) is 0 Å². The summed E-state index contributed by atoms with van der Waals surface area (Å²) >= 11 is 0. The van der Waals surface area contributed by atoms with E-state index in [1.807, 2.05) is 6.92 Å². The van der Waals surface area contributed by atoms with Crippen LogP contribution in [0.25, 0.3) is 0 Å². The van der Waals surface area contributed by atoms with E-state index in [-0.39, 0.29) is 5.92 Å². The van der Waals surface area contributed by atoms with Crippen molar-refractivity contribution in [2.24, 2.45) is 16.8 Å². The van der Waals surface area contributed by atoms with Crippen LogP contribution in [-0.2, 0) is 4.74 Å². The Hall–Kier alpha value is -0.810. The number of ether oxygens (including phenoxy) is 1. The molecule has 0 bridgehead atoms. The van der Waals surface area contributed by atoms with Gasteiger partial charge in [0.05, 0.1) is 12.2 Å². The minimum absolute atomic E-state index is 0.0683. The summed E-state index contributed by atoms with van der Waals surface area (Å²) in [4.78, 5) is 2.30. The van der Waals surface area contributed by atoms with E-state index in [2.05, 4.69) is 23.9 Å². The zero-order valence-electron chi connectivity index (χ0n) is 11.1. The minimum Gasteiger partial charge on any atom is -0.409 e. The van der Waals surface area contributed by atoms with Gasteiger partial charge < -0.3 is 20.6 Å². The lowest BCUT2D eigenvalue weighted by atomic mass is 10.1. The van der Waals surface area contributed by atoms with Crippen molar-refractivity contribution < 1.29 is 9.94 Å². The average molecular weight is 243 g/mol. The van der Waals surface area contributed by atoms with Crippen molar-refractivity contribution in [2.75, 3.05) is 19.6 Å². The topological polar surface area (TPSA) is 71.1 Å². The molecule has 1 heterocycles. The fourth-order valence-electron chi connectivity index (χ4n) is 2.22. The van der Waals surface area contributed by atoms with E-state index in [1.54, 1.807) is 0 Å². The van der Waals surface area contributed by atoms with E-state index in [0.29, 0.717) is 18.0 Å². The second-order valence-electron chi connectivity index (χ2n) is 4.92. The monoisotopic (exact) mass is 243 g/mol. The molecule has 17 heavy (non-hydrogen) atoms. The van der Waals surface area contributed by atoms with Crippen LogP contribution in [0, 0.1) is 5.92 Å². The maximum Gasteiger partial charge on any atom is 0.143 e. The van der Waals surface area contributed by atoms with Gasteiger partial charge in [0.2, 0.25) is 0 Å². The van der Waals surface area contributed by atoms with E-state index in [1.165, 1.54) is 0 Å². The zero-order valence-corrected chi connectivity index (χ0v) is 11.1. The maximum absolute atomic E-state index is 8.63. The summed E-state index contributed by atoms with van der Waals surface area (Å²) in [6.07, 6.45) is 3.01. The summed E-state index contributed by atoms with van der Waals surface area (Å²) in [5, 5.41) is 11.7. The Balaban J connectivity index is 2.38. The van der Waals surface area contributed by atoms with Crippen molar-refractivity contribution in [2.45, 2.75) is 45.8 Å². The fourth-order valence-corrected chi connectivity index (χ4v) is 2.22. The number of hydrogen-bond acceptors (Lipinski definition) is 4. The minimum atomic E-state index is 0.0683. The van der Waals surface area contributed by atoms with Gasteiger partial charge in [-0.2, -0.15) is 0 Å². The van der Waals surface area contributed by atoms with Crippen molar-refractivity contribution in [3.63, 3.8) is 0 Å². The summed E-state index contributed by atoms with van der Waals surface area (Å²) in [5.41, 5.74) is 5.59. The second-order valence-corrected chi connectivity index (χ2v) is 4.92. The molecule has 0 radical (unpaired) electrons. The highest BCUT2D eigenvalue weighted by Gasteiger charge is 2.24. The first-order valence-corrected chi connectivity index (χ1v) is 6.42. The van der Waals surface area contributed by atoms with Crippen molar-refractivity contribution >= 4 is 5.84 Å². The van der Waals surface area contributed by atoms with Crippen LogP contribution in [0.5, 0.6) is 0 Å². The predicted molar refractivity (Wildman–Crippen MR) is 68.3 cm³/mol.